The van der Waals surface area contributed by atoms with E-state index in [4.69, 9.17) is 10.2 Å². The fourth-order valence-electron chi connectivity index (χ4n) is 1.85. The van der Waals surface area contributed by atoms with Crippen LogP contribution in [0, 0.1) is 0 Å². The van der Waals surface area contributed by atoms with Gasteiger partial charge in [-0.25, -0.2) is 9.97 Å². The Bertz CT molecular complexity index is 736. The standard InChI is InChI=1S/C13H12N4O2S/c14-9-10-13(17-6-5-15-10)20-11(9)12(18)16-4-3-8-2-1-7-19-8/h1-2,5-7H,3-4,14H2,(H,16,18). The molecule has 6 nitrogen and oxygen atoms in total. The summed E-state index contributed by atoms with van der Waals surface area (Å²) in [5.74, 6) is 0.622. The number of rotatable bonds is 4. The molecule has 3 aromatic heterocycles. The molecular formula is C13H12N4O2S. The summed E-state index contributed by atoms with van der Waals surface area (Å²) in [6.45, 7) is 0.487. The fraction of sp³-hybridized carbons (Fsp3) is 0.154. The number of amides is 1. The maximum Gasteiger partial charge on any atom is 0.263 e. The van der Waals surface area contributed by atoms with Crippen molar-refractivity contribution < 1.29 is 9.21 Å². The summed E-state index contributed by atoms with van der Waals surface area (Å²) in [5.41, 5.74) is 6.90. The van der Waals surface area contributed by atoms with Gasteiger partial charge in [-0.05, 0) is 12.1 Å². The molecule has 3 rings (SSSR count). The van der Waals surface area contributed by atoms with Gasteiger partial charge in [0, 0.05) is 25.4 Å². The van der Waals surface area contributed by atoms with Gasteiger partial charge in [0.1, 0.15) is 21.0 Å². The van der Waals surface area contributed by atoms with E-state index < -0.39 is 0 Å². The quantitative estimate of drug-likeness (QED) is 0.764. The predicted octanol–water partition coefficient (Wildman–Crippen LogP) is 1.84. The van der Waals surface area contributed by atoms with Gasteiger partial charge in [-0.15, -0.1) is 11.3 Å². The summed E-state index contributed by atoms with van der Waals surface area (Å²) in [6, 6.07) is 3.69. The lowest BCUT2D eigenvalue weighted by Crippen LogP contribution is -2.25. The number of thiophene rings is 1. The highest BCUT2D eigenvalue weighted by molar-refractivity contribution is 7.21. The zero-order chi connectivity index (χ0) is 13.9. The molecule has 0 spiro atoms. The van der Waals surface area contributed by atoms with Crippen molar-refractivity contribution in [1.82, 2.24) is 15.3 Å². The number of hydrogen-bond donors (Lipinski definition) is 2. The molecule has 20 heavy (non-hydrogen) atoms. The molecular weight excluding hydrogens is 276 g/mol. The Morgan fingerprint density at radius 3 is 3.00 bits per heavy atom. The summed E-state index contributed by atoms with van der Waals surface area (Å²) in [6.07, 6.45) is 5.39. The van der Waals surface area contributed by atoms with E-state index >= 15 is 0 Å². The van der Waals surface area contributed by atoms with Crippen molar-refractivity contribution in [2.75, 3.05) is 12.3 Å². The molecule has 0 radical (unpaired) electrons. The molecule has 102 valence electrons. The van der Waals surface area contributed by atoms with Crippen LogP contribution in [-0.4, -0.2) is 22.4 Å². The van der Waals surface area contributed by atoms with Crippen molar-refractivity contribution in [2.45, 2.75) is 6.42 Å². The van der Waals surface area contributed by atoms with Crippen LogP contribution in [0.15, 0.2) is 35.2 Å². The number of fused-ring (bicyclic) bond motifs is 1. The van der Waals surface area contributed by atoms with Crippen molar-refractivity contribution in [3.8, 4) is 0 Å². The molecule has 1 amide bonds. The third-order valence-electron chi connectivity index (χ3n) is 2.81. The molecule has 0 saturated carbocycles. The second-order valence-electron chi connectivity index (χ2n) is 4.14. The van der Waals surface area contributed by atoms with Crippen molar-refractivity contribution in [1.29, 1.82) is 0 Å². The van der Waals surface area contributed by atoms with E-state index in [2.05, 4.69) is 15.3 Å². The van der Waals surface area contributed by atoms with Gasteiger partial charge < -0.3 is 15.5 Å². The Labute approximate surface area is 118 Å². The lowest BCUT2D eigenvalue weighted by atomic mass is 10.3. The monoisotopic (exact) mass is 288 g/mol. The summed E-state index contributed by atoms with van der Waals surface area (Å²) in [5, 5.41) is 2.81. The van der Waals surface area contributed by atoms with Crippen LogP contribution < -0.4 is 11.1 Å². The van der Waals surface area contributed by atoms with Crippen LogP contribution in [0.3, 0.4) is 0 Å². The first kappa shape index (κ1) is 12.6. The van der Waals surface area contributed by atoms with E-state index in [0.29, 0.717) is 33.9 Å². The number of nitrogens with one attached hydrogen (secondary N) is 1. The topological polar surface area (TPSA) is 94.0 Å². The summed E-state index contributed by atoms with van der Waals surface area (Å²) >= 11 is 1.25. The van der Waals surface area contributed by atoms with Crippen molar-refractivity contribution in [3.63, 3.8) is 0 Å². The molecule has 0 aromatic carbocycles. The maximum absolute atomic E-state index is 12.1. The lowest BCUT2D eigenvalue weighted by Gasteiger charge is -2.02. The highest BCUT2D eigenvalue weighted by Crippen LogP contribution is 2.30. The van der Waals surface area contributed by atoms with Crippen LogP contribution in [0.4, 0.5) is 5.69 Å². The number of nitrogens with two attached hydrogens (primary N) is 1. The zero-order valence-electron chi connectivity index (χ0n) is 10.5. The van der Waals surface area contributed by atoms with Crippen molar-refractivity contribution in [2.24, 2.45) is 0 Å². The molecule has 0 atom stereocenters. The number of furan rings is 1. The van der Waals surface area contributed by atoms with Crippen LogP contribution in [0.25, 0.3) is 10.3 Å². The molecule has 0 bridgehead atoms. The minimum absolute atomic E-state index is 0.209. The van der Waals surface area contributed by atoms with Gasteiger partial charge in [-0.2, -0.15) is 0 Å². The molecule has 3 aromatic rings. The Hall–Kier alpha value is -2.41. The average molecular weight is 288 g/mol. The van der Waals surface area contributed by atoms with Crippen molar-refractivity contribution in [3.05, 3.63) is 41.4 Å². The smallest absolute Gasteiger partial charge is 0.263 e. The Kier molecular flexibility index (Phi) is 3.34. The molecule has 3 heterocycles. The number of carbonyl (C=O) groups excluding carboxylic acids is 1. The predicted molar refractivity (Wildman–Crippen MR) is 76.6 cm³/mol. The number of nitrogen functional groups attached to an aromatic ring is 1. The Balaban J connectivity index is 1.71. The van der Waals surface area contributed by atoms with E-state index in [1.54, 1.807) is 18.7 Å². The first-order valence-corrected chi connectivity index (χ1v) is 6.87. The van der Waals surface area contributed by atoms with Crippen LogP contribution in [0.2, 0.25) is 0 Å². The minimum Gasteiger partial charge on any atom is -0.469 e. The van der Waals surface area contributed by atoms with Gasteiger partial charge in [0.25, 0.3) is 5.91 Å². The van der Waals surface area contributed by atoms with E-state index in [9.17, 15) is 4.79 Å². The van der Waals surface area contributed by atoms with Crippen LogP contribution >= 0.6 is 11.3 Å². The van der Waals surface area contributed by atoms with Crippen molar-refractivity contribution >= 4 is 33.3 Å². The second-order valence-corrected chi connectivity index (χ2v) is 5.14. The van der Waals surface area contributed by atoms with E-state index in [1.807, 2.05) is 12.1 Å². The largest absolute Gasteiger partial charge is 0.469 e. The number of hydrogen-bond acceptors (Lipinski definition) is 6. The highest BCUT2D eigenvalue weighted by Gasteiger charge is 2.17. The third-order valence-corrected chi connectivity index (χ3v) is 3.91. The summed E-state index contributed by atoms with van der Waals surface area (Å²) in [7, 11) is 0. The minimum atomic E-state index is -0.209. The normalized spacial score (nSPS) is 10.8. The van der Waals surface area contributed by atoms with E-state index in [0.717, 1.165) is 5.76 Å². The molecule has 0 fully saturated rings. The van der Waals surface area contributed by atoms with Crippen LogP contribution in [0.5, 0.6) is 0 Å². The lowest BCUT2D eigenvalue weighted by molar-refractivity contribution is 0.0958. The average Bonchev–Trinajstić information content (AvgIpc) is 3.08. The fourth-order valence-corrected chi connectivity index (χ4v) is 2.78. The first-order valence-electron chi connectivity index (χ1n) is 6.05. The van der Waals surface area contributed by atoms with Crippen LogP contribution in [-0.2, 0) is 6.42 Å². The SMILES string of the molecule is Nc1c(C(=O)NCCc2ccco2)sc2nccnc12. The molecule has 0 aliphatic carbocycles. The van der Waals surface area contributed by atoms with Gasteiger partial charge in [0.15, 0.2) is 0 Å². The Morgan fingerprint density at radius 2 is 2.25 bits per heavy atom. The maximum atomic E-state index is 12.1. The molecule has 0 aliphatic heterocycles. The van der Waals surface area contributed by atoms with Crippen LogP contribution in [0.1, 0.15) is 15.4 Å². The first-order chi connectivity index (χ1) is 9.75. The van der Waals surface area contributed by atoms with Gasteiger partial charge in [0.2, 0.25) is 0 Å². The highest BCUT2D eigenvalue weighted by atomic mass is 32.1. The molecule has 7 heteroatoms. The number of aromatic nitrogens is 2. The Morgan fingerprint density at radius 1 is 1.40 bits per heavy atom. The third kappa shape index (κ3) is 2.35. The molecule has 0 aliphatic rings. The number of anilines is 1. The van der Waals surface area contributed by atoms with E-state index in [-0.39, 0.29) is 5.91 Å². The number of nitrogens with zero attached hydrogens (tertiary/aromatic N) is 2. The van der Waals surface area contributed by atoms with E-state index in [1.165, 1.54) is 11.3 Å². The molecule has 0 unspecified atom stereocenters. The summed E-state index contributed by atoms with van der Waals surface area (Å²) < 4.78 is 5.20. The van der Waals surface area contributed by atoms with Gasteiger partial charge in [-0.1, -0.05) is 0 Å². The van der Waals surface area contributed by atoms with Gasteiger partial charge >= 0.3 is 0 Å². The summed E-state index contributed by atoms with van der Waals surface area (Å²) in [4.78, 5) is 21.5. The van der Waals surface area contributed by atoms with Gasteiger partial charge in [-0.3, -0.25) is 4.79 Å². The second kappa shape index (κ2) is 5.30. The zero-order valence-corrected chi connectivity index (χ0v) is 11.3. The van der Waals surface area contributed by atoms with Gasteiger partial charge in [0.05, 0.1) is 12.0 Å². The number of carbonyl (C=O) groups is 1. The molecule has 0 saturated heterocycles. The molecule has 3 N–H and O–H groups in total.